The molecule has 1 saturated carbocycles. The SMILES string of the molecule is CC(C)Cn1ncc(C(=O)N(C)CC(=O)N2CCC(C(=O)O)CC2)c1C1CC1. The highest BCUT2D eigenvalue weighted by atomic mass is 16.4. The Kier molecular flexibility index (Phi) is 6.05. The molecular formula is C20H30N4O4. The number of likely N-dealkylation sites (tertiary alicyclic amines) is 1. The molecule has 1 N–H and O–H groups in total. The van der Waals surface area contributed by atoms with Crippen LogP contribution in [0.3, 0.4) is 0 Å². The minimum Gasteiger partial charge on any atom is -0.481 e. The summed E-state index contributed by atoms with van der Waals surface area (Å²) in [5.74, 6) is -0.664. The topological polar surface area (TPSA) is 95.7 Å². The lowest BCUT2D eigenvalue weighted by Crippen LogP contribution is -2.45. The second-order valence-electron chi connectivity index (χ2n) is 8.45. The Morgan fingerprint density at radius 1 is 1.21 bits per heavy atom. The highest BCUT2D eigenvalue weighted by Gasteiger charge is 2.34. The van der Waals surface area contributed by atoms with Gasteiger partial charge < -0.3 is 14.9 Å². The fourth-order valence-electron chi connectivity index (χ4n) is 3.79. The molecule has 1 aliphatic carbocycles. The zero-order valence-corrected chi connectivity index (χ0v) is 16.9. The lowest BCUT2D eigenvalue weighted by atomic mass is 9.97. The summed E-state index contributed by atoms with van der Waals surface area (Å²) in [6.45, 7) is 5.88. The fourth-order valence-corrected chi connectivity index (χ4v) is 3.79. The van der Waals surface area contributed by atoms with Gasteiger partial charge in [-0.25, -0.2) is 0 Å². The van der Waals surface area contributed by atoms with E-state index in [0.717, 1.165) is 25.1 Å². The van der Waals surface area contributed by atoms with Crippen molar-refractivity contribution in [3.8, 4) is 0 Å². The van der Waals surface area contributed by atoms with E-state index < -0.39 is 5.97 Å². The predicted octanol–water partition coefficient (Wildman–Crippen LogP) is 1.81. The second-order valence-corrected chi connectivity index (χ2v) is 8.45. The van der Waals surface area contributed by atoms with E-state index >= 15 is 0 Å². The zero-order valence-electron chi connectivity index (χ0n) is 16.9. The fraction of sp³-hybridized carbons (Fsp3) is 0.700. The highest BCUT2D eigenvalue weighted by Crippen LogP contribution is 2.42. The van der Waals surface area contributed by atoms with Gasteiger partial charge in [0.15, 0.2) is 0 Å². The molecule has 0 atom stereocenters. The summed E-state index contributed by atoms with van der Waals surface area (Å²) in [6.07, 6.45) is 4.72. The molecule has 2 heterocycles. The van der Waals surface area contributed by atoms with E-state index in [1.165, 1.54) is 4.90 Å². The van der Waals surface area contributed by atoms with E-state index in [1.54, 1.807) is 18.1 Å². The summed E-state index contributed by atoms with van der Waals surface area (Å²) in [5, 5.41) is 13.5. The van der Waals surface area contributed by atoms with Crippen molar-refractivity contribution in [3.05, 3.63) is 17.5 Å². The number of carboxylic acids is 1. The number of piperidine rings is 1. The van der Waals surface area contributed by atoms with Crippen molar-refractivity contribution in [2.75, 3.05) is 26.7 Å². The molecule has 8 nitrogen and oxygen atoms in total. The molecule has 2 aliphatic rings. The average molecular weight is 390 g/mol. The normalized spacial score (nSPS) is 17.8. The molecule has 1 aliphatic heterocycles. The maximum absolute atomic E-state index is 13.0. The number of hydrogen-bond acceptors (Lipinski definition) is 4. The average Bonchev–Trinajstić information content (AvgIpc) is 3.41. The van der Waals surface area contributed by atoms with Crippen molar-refractivity contribution >= 4 is 17.8 Å². The van der Waals surface area contributed by atoms with Crippen molar-refractivity contribution in [1.82, 2.24) is 19.6 Å². The van der Waals surface area contributed by atoms with Crippen LogP contribution >= 0.6 is 0 Å². The van der Waals surface area contributed by atoms with E-state index in [0.29, 0.717) is 43.3 Å². The molecule has 0 unspecified atom stereocenters. The van der Waals surface area contributed by atoms with Crippen LogP contribution in [-0.2, 0) is 16.1 Å². The van der Waals surface area contributed by atoms with Crippen molar-refractivity contribution in [3.63, 3.8) is 0 Å². The first kappa shape index (κ1) is 20.4. The van der Waals surface area contributed by atoms with Crippen LogP contribution < -0.4 is 0 Å². The quantitative estimate of drug-likeness (QED) is 0.766. The first-order chi connectivity index (χ1) is 13.3. The molecule has 1 saturated heterocycles. The number of amides is 2. The standard InChI is InChI=1S/C20H30N4O4/c1-13(2)11-24-18(14-4-5-14)16(10-21-24)19(26)22(3)12-17(25)23-8-6-15(7-9-23)20(27)28/h10,13-15H,4-9,11-12H2,1-3H3,(H,27,28). The Labute approximate surface area is 165 Å². The number of likely N-dealkylation sites (N-methyl/N-ethyl adjacent to an activating group) is 1. The van der Waals surface area contributed by atoms with Gasteiger partial charge in [0.2, 0.25) is 5.91 Å². The minimum absolute atomic E-state index is 0.00393. The third kappa shape index (κ3) is 4.54. The number of aromatic nitrogens is 2. The third-order valence-electron chi connectivity index (χ3n) is 5.53. The van der Waals surface area contributed by atoms with Crippen LogP contribution in [0.2, 0.25) is 0 Å². The van der Waals surface area contributed by atoms with Crippen LogP contribution in [0.4, 0.5) is 0 Å². The first-order valence-electron chi connectivity index (χ1n) is 10.1. The molecule has 0 radical (unpaired) electrons. The van der Waals surface area contributed by atoms with E-state index in [2.05, 4.69) is 18.9 Å². The molecule has 8 heteroatoms. The van der Waals surface area contributed by atoms with Crippen LogP contribution in [0.25, 0.3) is 0 Å². The molecule has 0 spiro atoms. The van der Waals surface area contributed by atoms with E-state index in [9.17, 15) is 14.4 Å². The van der Waals surface area contributed by atoms with Gasteiger partial charge in [0.25, 0.3) is 5.91 Å². The molecule has 0 bridgehead atoms. The van der Waals surface area contributed by atoms with Gasteiger partial charge in [-0.1, -0.05) is 13.8 Å². The van der Waals surface area contributed by atoms with Gasteiger partial charge in [0.05, 0.1) is 29.9 Å². The maximum Gasteiger partial charge on any atom is 0.306 e. The summed E-state index contributed by atoms with van der Waals surface area (Å²) >= 11 is 0. The van der Waals surface area contributed by atoms with E-state index in [1.807, 2.05) is 4.68 Å². The summed E-state index contributed by atoms with van der Waals surface area (Å²) in [6, 6.07) is 0. The van der Waals surface area contributed by atoms with Crippen LogP contribution in [0.1, 0.15) is 61.5 Å². The Morgan fingerprint density at radius 3 is 2.39 bits per heavy atom. The number of carbonyl (C=O) groups excluding carboxylic acids is 2. The monoisotopic (exact) mass is 390 g/mol. The van der Waals surface area contributed by atoms with Gasteiger partial charge in [0, 0.05) is 32.6 Å². The minimum atomic E-state index is -0.801. The predicted molar refractivity (Wildman–Crippen MR) is 103 cm³/mol. The summed E-state index contributed by atoms with van der Waals surface area (Å²) in [5.41, 5.74) is 1.60. The molecule has 2 fully saturated rings. The summed E-state index contributed by atoms with van der Waals surface area (Å²) in [7, 11) is 1.64. The number of rotatable bonds is 7. The molecule has 1 aromatic rings. The molecule has 2 amide bonds. The molecular weight excluding hydrogens is 360 g/mol. The van der Waals surface area contributed by atoms with E-state index in [-0.39, 0.29) is 24.3 Å². The van der Waals surface area contributed by atoms with Gasteiger partial charge in [-0.15, -0.1) is 0 Å². The van der Waals surface area contributed by atoms with Gasteiger partial charge in [-0.2, -0.15) is 5.10 Å². The largest absolute Gasteiger partial charge is 0.481 e. The van der Waals surface area contributed by atoms with Crippen molar-refractivity contribution in [2.45, 2.75) is 52.0 Å². The zero-order chi connectivity index (χ0) is 20.4. The second kappa shape index (κ2) is 8.32. The molecule has 28 heavy (non-hydrogen) atoms. The Bertz CT molecular complexity index is 745. The Hall–Kier alpha value is -2.38. The van der Waals surface area contributed by atoms with Crippen molar-refractivity contribution in [1.29, 1.82) is 0 Å². The third-order valence-corrected chi connectivity index (χ3v) is 5.53. The summed E-state index contributed by atoms with van der Waals surface area (Å²) < 4.78 is 1.95. The van der Waals surface area contributed by atoms with Crippen LogP contribution in [0.5, 0.6) is 0 Å². The Balaban J connectivity index is 1.63. The number of hydrogen-bond donors (Lipinski definition) is 1. The summed E-state index contributed by atoms with van der Waals surface area (Å²) in [4.78, 5) is 39.7. The lowest BCUT2D eigenvalue weighted by Gasteiger charge is -2.31. The van der Waals surface area contributed by atoms with Gasteiger partial charge in [0.1, 0.15) is 0 Å². The van der Waals surface area contributed by atoms with Crippen molar-refractivity contribution < 1.29 is 19.5 Å². The first-order valence-corrected chi connectivity index (χ1v) is 10.1. The molecule has 3 rings (SSSR count). The van der Waals surface area contributed by atoms with E-state index in [4.69, 9.17) is 5.11 Å². The van der Waals surface area contributed by atoms with Crippen LogP contribution in [0, 0.1) is 11.8 Å². The molecule has 0 aromatic carbocycles. The maximum atomic E-state index is 13.0. The van der Waals surface area contributed by atoms with Crippen molar-refractivity contribution in [2.24, 2.45) is 11.8 Å². The number of carboxylic acid groups (broad SMARTS) is 1. The molecule has 154 valence electrons. The Morgan fingerprint density at radius 2 is 1.86 bits per heavy atom. The van der Waals surface area contributed by atoms with Gasteiger partial charge >= 0.3 is 5.97 Å². The van der Waals surface area contributed by atoms with Crippen LogP contribution in [0.15, 0.2) is 6.20 Å². The number of aliphatic carboxylic acids is 1. The highest BCUT2D eigenvalue weighted by molar-refractivity contribution is 5.97. The van der Waals surface area contributed by atoms with Gasteiger partial charge in [-0.05, 0) is 31.6 Å². The smallest absolute Gasteiger partial charge is 0.306 e. The number of carbonyl (C=O) groups is 3. The van der Waals surface area contributed by atoms with Crippen LogP contribution in [-0.4, -0.2) is 69.2 Å². The van der Waals surface area contributed by atoms with Gasteiger partial charge in [-0.3, -0.25) is 19.1 Å². The number of nitrogens with zero attached hydrogens (tertiary/aromatic N) is 4. The lowest BCUT2D eigenvalue weighted by molar-refractivity contribution is -0.145. The molecule has 1 aromatic heterocycles.